The third kappa shape index (κ3) is 6.61. The van der Waals surface area contributed by atoms with Gasteiger partial charge >= 0.3 is 12.2 Å². The molecule has 1 aromatic rings. The van der Waals surface area contributed by atoms with Gasteiger partial charge in [-0.3, -0.25) is 0 Å². The van der Waals surface area contributed by atoms with E-state index >= 15 is 0 Å². The number of aliphatic hydroxyl groups excluding tert-OH is 1. The molecule has 0 atom stereocenters. The summed E-state index contributed by atoms with van der Waals surface area (Å²) in [6.45, 7) is -1.19. The molecular weight excluding hydrogens is 327 g/mol. The summed E-state index contributed by atoms with van der Waals surface area (Å²) in [5.41, 5.74) is 0.642. The van der Waals surface area contributed by atoms with E-state index in [4.69, 9.17) is 0 Å². The summed E-state index contributed by atoms with van der Waals surface area (Å²) < 4.78 is 40.6. The first-order valence-corrected chi connectivity index (χ1v) is 7.69. The lowest BCUT2D eigenvalue weighted by Crippen LogP contribution is -2.43. The van der Waals surface area contributed by atoms with Crippen LogP contribution in [0.25, 0.3) is 0 Å². The number of halogens is 3. The van der Waals surface area contributed by atoms with E-state index in [2.05, 4.69) is 20.4 Å². The Balaban J connectivity index is 1.70. The van der Waals surface area contributed by atoms with Crippen LogP contribution in [-0.4, -0.2) is 41.1 Å². The van der Waals surface area contributed by atoms with Gasteiger partial charge in [-0.2, -0.15) is 13.2 Å². The van der Waals surface area contributed by atoms with Crippen molar-refractivity contribution in [2.45, 2.75) is 50.6 Å². The van der Waals surface area contributed by atoms with Crippen molar-refractivity contribution < 1.29 is 27.8 Å². The van der Waals surface area contributed by atoms with Gasteiger partial charge in [0.1, 0.15) is 0 Å². The molecule has 0 spiro atoms. The number of hydrogen-bond acceptors (Lipinski definition) is 4. The number of hydrogen-bond donors (Lipinski definition) is 3. The van der Waals surface area contributed by atoms with Gasteiger partial charge in [0.15, 0.2) is 6.61 Å². The van der Waals surface area contributed by atoms with E-state index in [1.54, 1.807) is 0 Å². The minimum atomic E-state index is -4.41. The zero-order valence-electron chi connectivity index (χ0n) is 13.0. The second kappa shape index (κ2) is 8.18. The number of urea groups is 1. The fraction of sp³-hybridized carbons (Fsp3) is 0.600. The number of rotatable bonds is 5. The first-order chi connectivity index (χ1) is 11.3. The van der Waals surface area contributed by atoms with E-state index in [0.29, 0.717) is 18.4 Å². The lowest BCUT2D eigenvalue weighted by Gasteiger charge is -2.26. The van der Waals surface area contributed by atoms with Crippen LogP contribution in [0.1, 0.15) is 31.2 Å². The predicted molar refractivity (Wildman–Crippen MR) is 79.4 cm³/mol. The van der Waals surface area contributed by atoms with Crippen LogP contribution in [0.3, 0.4) is 0 Å². The summed E-state index contributed by atoms with van der Waals surface area (Å²) in [5, 5.41) is 14.9. The maximum atomic E-state index is 12.0. The Morgan fingerprint density at radius 3 is 2.58 bits per heavy atom. The maximum absolute atomic E-state index is 12.0. The predicted octanol–water partition coefficient (Wildman–Crippen LogP) is 2.13. The van der Waals surface area contributed by atoms with E-state index in [1.165, 1.54) is 18.3 Å². The molecule has 1 heterocycles. The molecule has 0 radical (unpaired) electrons. The second-order valence-corrected chi connectivity index (χ2v) is 5.74. The van der Waals surface area contributed by atoms with Gasteiger partial charge in [-0.15, -0.1) is 0 Å². The van der Waals surface area contributed by atoms with E-state index in [0.717, 1.165) is 12.8 Å². The summed E-state index contributed by atoms with van der Waals surface area (Å²) in [6.07, 6.45) is -0.515. The quantitative estimate of drug-likeness (QED) is 0.762. The molecule has 24 heavy (non-hydrogen) atoms. The Hall–Kier alpha value is -2.03. The van der Waals surface area contributed by atoms with Crippen LogP contribution in [0.4, 0.5) is 18.0 Å². The molecule has 3 N–H and O–H groups in total. The third-order valence-electron chi connectivity index (χ3n) is 3.67. The smallest absolute Gasteiger partial charge is 0.422 e. The molecule has 0 bridgehead atoms. The van der Waals surface area contributed by atoms with Gasteiger partial charge in [-0.1, -0.05) is 6.07 Å². The fourth-order valence-electron chi connectivity index (χ4n) is 2.40. The molecule has 9 heteroatoms. The number of aliphatic hydroxyl groups is 1. The van der Waals surface area contributed by atoms with Crippen LogP contribution in [0.2, 0.25) is 0 Å². The topological polar surface area (TPSA) is 83.5 Å². The van der Waals surface area contributed by atoms with Gasteiger partial charge in [0.05, 0.1) is 6.10 Å². The summed E-state index contributed by atoms with van der Waals surface area (Å²) in [7, 11) is 0. The molecule has 1 aromatic heterocycles. The van der Waals surface area contributed by atoms with Crippen molar-refractivity contribution in [2.24, 2.45) is 0 Å². The van der Waals surface area contributed by atoms with Crippen molar-refractivity contribution in [1.29, 1.82) is 0 Å². The third-order valence-corrected chi connectivity index (χ3v) is 3.67. The van der Waals surface area contributed by atoms with Crippen LogP contribution >= 0.6 is 0 Å². The first-order valence-electron chi connectivity index (χ1n) is 7.69. The van der Waals surface area contributed by atoms with Gasteiger partial charge in [-0.05, 0) is 31.2 Å². The van der Waals surface area contributed by atoms with E-state index in [-0.39, 0.29) is 30.6 Å². The van der Waals surface area contributed by atoms with Gasteiger partial charge in [0.2, 0.25) is 5.88 Å². The van der Waals surface area contributed by atoms with Crippen LogP contribution in [0.15, 0.2) is 18.3 Å². The molecule has 2 amide bonds. The fourth-order valence-corrected chi connectivity index (χ4v) is 2.40. The molecular formula is C15H20F3N3O3. The normalized spacial score (nSPS) is 21.2. The number of aromatic nitrogens is 1. The van der Waals surface area contributed by atoms with Crippen molar-refractivity contribution in [3.05, 3.63) is 23.9 Å². The van der Waals surface area contributed by atoms with Crippen molar-refractivity contribution in [3.63, 3.8) is 0 Å². The summed E-state index contributed by atoms with van der Waals surface area (Å²) in [5.74, 6) is -0.124. The molecule has 1 aliphatic rings. The van der Waals surface area contributed by atoms with Crippen molar-refractivity contribution >= 4 is 6.03 Å². The summed E-state index contributed by atoms with van der Waals surface area (Å²) >= 11 is 0. The Bertz CT molecular complexity index is 529. The minimum Gasteiger partial charge on any atom is -0.468 e. The average molecular weight is 347 g/mol. The Morgan fingerprint density at radius 2 is 2.00 bits per heavy atom. The highest BCUT2D eigenvalue weighted by Gasteiger charge is 2.28. The molecule has 0 unspecified atom stereocenters. The molecule has 134 valence electrons. The van der Waals surface area contributed by atoms with Crippen molar-refractivity contribution in [1.82, 2.24) is 15.6 Å². The number of amides is 2. The van der Waals surface area contributed by atoms with Gasteiger partial charge in [0.25, 0.3) is 0 Å². The average Bonchev–Trinajstić information content (AvgIpc) is 2.53. The first kappa shape index (κ1) is 18.3. The van der Waals surface area contributed by atoms with E-state index < -0.39 is 12.8 Å². The van der Waals surface area contributed by atoms with Gasteiger partial charge in [-0.25, -0.2) is 9.78 Å². The minimum absolute atomic E-state index is 0.0460. The van der Waals surface area contributed by atoms with Crippen molar-refractivity contribution in [3.8, 4) is 5.88 Å². The van der Waals surface area contributed by atoms with E-state index in [9.17, 15) is 23.1 Å². The number of ether oxygens (including phenoxy) is 1. The number of alkyl halides is 3. The second-order valence-electron chi connectivity index (χ2n) is 5.74. The highest BCUT2D eigenvalue weighted by atomic mass is 19.4. The van der Waals surface area contributed by atoms with Crippen LogP contribution in [0.5, 0.6) is 5.88 Å². The number of nitrogens with zero attached hydrogens (tertiary/aromatic N) is 1. The van der Waals surface area contributed by atoms with Gasteiger partial charge in [0, 0.05) is 24.8 Å². The SMILES string of the molecule is O=C(NCc1ccc(OCC(F)(F)F)nc1)NC1CCC(O)CC1. The molecule has 1 aliphatic carbocycles. The molecule has 0 saturated heterocycles. The Kier molecular flexibility index (Phi) is 6.24. The zero-order valence-corrected chi connectivity index (χ0v) is 13.0. The monoisotopic (exact) mass is 347 g/mol. The zero-order chi connectivity index (χ0) is 17.6. The number of pyridine rings is 1. The van der Waals surface area contributed by atoms with E-state index in [1.807, 2.05) is 0 Å². The van der Waals surface area contributed by atoms with Crippen molar-refractivity contribution in [2.75, 3.05) is 6.61 Å². The summed E-state index contributed by atoms with van der Waals surface area (Å²) in [6, 6.07) is 2.58. The number of carbonyl (C=O) groups is 1. The molecule has 0 aliphatic heterocycles. The van der Waals surface area contributed by atoms with Crippen LogP contribution in [0, 0.1) is 0 Å². The standard InChI is InChI=1S/C15H20F3N3O3/c16-15(17,18)9-24-13-6-1-10(7-19-13)8-20-14(23)21-11-2-4-12(22)5-3-11/h1,6-7,11-12,22H,2-5,8-9H2,(H2,20,21,23). The number of carbonyl (C=O) groups excluding carboxylic acids is 1. The molecule has 2 rings (SSSR count). The lowest BCUT2D eigenvalue weighted by molar-refractivity contribution is -0.154. The molecule has 6 nitrogen and oxygen atoms in total. The van der Waals surface area contributed by atoms with Gasteiger partial charge < -0.3 is 20.5 Å². The van der Waals surface area contributed by atoms with Crippen LogP contribution in [-0.2, 0) is 6.54 Å². The highest BCUT2D eigenvalue weighted by Crippen LogP contribution is 2.18. The molecule has 1 saturated carbocycles. The lowest BCUT2D eigenvalue weighted by atomic mass is 9.93. The number of nitrogens with one attached hydrogen (secondary N) is 2. The Morgan fingerprint density at radius 1 is 1.29 bits per heavy atom. The maximum Gasteiger partial charge on any atom is 0.422 e. The molecule has 0 aromatic carbocycles. The van der Waals surface area contributed by atoms with Crippen LogP contribution < -0.4 is 15.4 Å². The highest BCUT2D eigenvalue weighted by molar-refractivity contribution is 5.74. The molecule has 1 fully saturated rings. The summed E-state index contributed by atoms with van der Waals surface area (Å²) in [4.78, 5) is 15.6. The largest absolute Gasteiger partial charge is 0.468 e. The Labute approximate surface area is 137 Å².